The fraction of sp³-hybridized carbons (Fsp3) is 0.238. The highest BCUT2D eigenvalue weighted by molar-refractivity contribution is 7.19. The molecule has 0 saturated heterocycles. The van der Waals surface area contributed by atoms with Crippen molar-refractivity contribution in [3.8, 4) is 16.3 Å². The van der Waals surface area contributed by atoms with Gasteiger partial charge in [-0.3, -0.25) is 4.79 Å². The number of hydrogen-bond acceptors (Lipinski definition) is 6. The first-order valence-electron chi connectivity index (χ1n) is 9.39. The summed E-state index contributed by atoms with van der Waals surface area (Å²) in [7, 11) is 0. The molecule has 148 valence electrons. The van der Waals surface area contributed by atoms with Gasteiger partial charge in [0.1, 0.15) is 10.8 Å². The van der Waals surface area contributed by atoms with Crippen molar-refractivity contribution < 1.29 is 9.53 Å². The molecule has 8 heteroatoms. The Morgan fingerprint density at radius 2 is 1.93 bits per heavy atom. The molecule has 0 aliphatic rings. The van der Waals surface area contributed by atoms with E-state index in [0.717, 1.165) is 44.8 Å². The van der Waals surface area contributed by atoms with E-state index in [2.05, 4.69) is 27.5 Å². The van der Waals surface area contributed by atoms with Gasteiger partial charge < -0.3 is 10.1 Å². The van der Waals surface area contributed by atoms with Crippen LogP contribution < -0.4 is 10.1 Å². The van der Waals surface area contributed by atoms with Crippen molar-refractivity contribution in [3.63, 3.8) is 0 Å². The lowest BCUT2D eigenvalue weighted by Gasteiger charge is -2.10. The number of carbonyl (C=O) groups is 1. The molecule has 0 fully saturated rings. The SMILES string of the molecule is CCCOc1ccc(C(=O)Nc2ccc(-c3nn4c(C)nnc4s3)cc2C)cc1. The van der Waals surface area contributed by atoms with E-state index < -0.39 is 0 Å². The minimum absolute atomic E-state index is 0.155. The van der Waals surface area contributed by atoms with E-state index in [0.29, 0.717) is 12.2 Å². The van der Waals surface area contributed by atoms with E-state index in [-0.39, 0.29) is 5.91 Å². The molecule has 4 rings (SSSR count). The Morgan fingerprint density at radius 1 is 1.14 bits per heavy atom. The molecule has 1 amide bonds. The molecule has 0 bridgehead atoms. The molecule has 0 aliphatic heterocycles. The lowest BCUT2D eigenvalue weighted by Crippen LogP contribution is -2.12. The summed E-state index contributed by atoms with van der Waals surface area (Å²) in [5, 5.41) is 16.5. The Morgan fingerprint density at radius 3 is 2.62 bits per heavy atom. The Balaban J connectivity index is 1.49. The van der Waals surface area contributed by atoms with Crippen LogP contribution in [-0.4, -0.2) is 32.3 Å². The maximum absolute atomic E-state index is 12.6. The number of ether oxygens (including phenoxy) is 1. The number of nitrogens with zero attached hydrogens (tertiary/aromatic N) is 4. The number of rotatable bonds is 6. The first-order valence-corrected chi connectivity index (χ1v) is 10.2. The van der Waals surface area contributed by atoms with Crippen molar-refractivity contribution in [2.24, 2.45) is 0 Å². The van der Waals surface area contributed by atoms with Gasteiger partial charge >= 0.3 is 0 Å². The lowest BCUT2D eigenvalue weighted by atomic mass is 10.1. The number of nitrogens with one attached hydrogen (secondary N) is 1. The minimum Gasteiger partial charge on any atom is -0.494 e. The van der Waals surface area contributed by atoms with Gasteiger partial charge in [0.2, 0.25) is 4.96 Å². The molecule has 2 aromatic heterocycles. The Labute approximate surface area is 172 Å². The monoisotopic (exact) mass is 407 g/mol. The van der Waals surface area contributed by atoms with Crippen LogP contribution in [0.5, 0.6) is 5.75 Å². The predicted molar refractivity (Wildman–Crippen MR) is 114 cm³/mol. The van der Waals surface area contributed by atoms with E-state index in [4.69, 9.17) is 4.74 Å². The van der Waals surface area contributed by atoms with Crippen LogP contribution in [0, 0.1) is 13.8 Å². The molecule has 0 saturated carbocycles. The highest BCUT2D eigenvalue weighted by Crippen LogP contribution is 2.29. The normalized spacial score (nSPS) is 11.0. The number of aromatic nitrogens is 4. The van der Waals surface area contributed by atoms with Crippen LogP contribution in [0.25, 0.3) is 15.5 Å². The average Bonchev–Trinajstić information content (AvgIpc) is 3.30. The first kappa shape index (κ1) is 19.1. The van der Waals surface area contributed by atoms with E-state index in [1.54, 1.807) is 16.6 Å². The topological polar surface area (TPSA) is 81.4 Å². The molecular weight excluding hydrogens is 386 g/mol. The van der Waals surface area contributed by atoms with E-state index in [1.807, 2.05) is 44.2 Å². The van der Waals surface area contributed by atoms with Gasteiger partial charge in [-0.1, -0.05) is 18.3 Å². The van der Waals surface area contributed by atoms with Crippen LogP contribution in [0.1, 0.15) is 35.1 Å². The molecule has 0 unspecified atom stereocenters. The summed E-state index contributed by atoms with van der Waals surface area (Å²) < 4.78 is 7.29. The molecule has 2 heterocycles. The Kier molecular flexibility index (Phi) is 5.26. The van der Waals surface area contributed by atoms with Gasteiger partial charge in [-0.2, -0.15) is 9.61 Å². The molecule has 0 atom stereocenters. The van der Waals surface area contributed by atoms with Crippen LogP contribution >= 0.6 is 11.3 Å². The maximum Gasteiger partial charge on any atom is 0.255 e. The highest BCUT2D eigenvalue weighted by Gasteiger charge is 2.13. The Bertz CT molecular complexity index is 1160. The quantitative estimate of drug-likeness (QED) is 0.508. The van der Waals surface area contributed by atoms with Crippen molar-refractivity contribution in [1.82, 2.24) is 19.8 Å². The van der Waals surface area contributed by atoms with E-state index >= 15 is 0 Å². The van der Waals surface area contributed by atoms with Gasteiger partial charge in [0, 0.05) is 16.8 Å². The molecule has 0 radical (unpaired) electrons. The molecule has 7 nitrogen and oxygen atoms in total. The van der Waals surface area contributed by atoms with E-state index in [9.17, 15) is 4.79 Å². The molecule has 0 aliphatic carbocycles. The van der Waals surface area contributed by atoms with Crippen LogP contribution in [0.2, 0.25) is 0 Å². The third-order valence-electron chi connectivity index (χ3n) is 4.46. The number of aryl methyl sites for hydroxylation is 2. The van der Waals surface area contributed by atoms with Gasteiger partial charge in [0.05, 0.1) is 6.61 Å². The third-order valence-corrected chi connectivity index (χ3v) is 5.41. The van der Waals surface area contributed by atoms with Crippen molar-refractivity contribution >= 4 is 27.9 Å². The number of fused-ring (bicyclic) bond motifs is 1. The second kappa shape index (κ2) is 8.00. The fourth-order valence-electron chi connectivity index (χ4n) is 2.89. The zero-order valence-corrected chi connectivity index (χ0v) is 17.3. The summed E-state index contributed by atoms with van der Waals surface area (Å²) in [6, 6.07) is 13.0. The second-order valence-corrected chi connectivity index (χ2v) is 7.66. The maximum atomic E-state index is 12.6. The van der Waals surface area contributed by atoms with Crippen LogP contribution in [-0.2, 0) is 0 Å². The summed E-state index contributed by atoms with van der Waals surface area (Å²) in [5.41, 5.74) is 3.29. The number of amides is 1. The smallest absolute Gasteiger partial charge is 0.255 e. The zero-order valence-electron chi connectivity index (χ0n) is 16.5. The summed E-state index contributed by atoms with van der Waals surface area (Å²) in [6.45, 7) is 6.56. The largest absolute Gasteiger partial charge is 0.494 e. The standard InChI is InChI=1S/C21H21N5O2S/c1-4-11-28-17-8-5-15(6-9-17)19(27)22-18-10-7-16(12-13(18)2)20-25-26-14(3)23-24-21(26)29-20/h5-10,12H,4,11H2,1-3H3,(H,22,27). The molecule has 2 aromatic carbocycles. The van der Waals surface area contributed by atoms with Crippen LogP contribution in [0.15, 0.2) is 42.5 Å². The fourth-order valence-corrected chi connectivity index (χ4v) is 3.77. The number of anilines is 1. The summed E-state index contributed by atoms with van der Waals surface area (Å²) in [5.74, 6) is 1.37. The molecule has 4 aromatic rings. The summed E-state index contributed by atoms with van der Waals surface area (Å²) >= 11 is 1.48. The van der Waals surface area contributed by atoms with Gasteiger partial charge in [-0.25, -0.2) is 0 Å². The predicted octanol–water partition coefficient (Wildman–Crippen LogP) is 4.51. The zero-order chi connectivity index (χ0) is 20.4. The molecule has 0 spiro atoms. The minimum atomic E-state index is -0.155. The van der Waals surface area contributed by atoms with Crippen molar-refractivity contribution in [1.29, 1.82) is 0 Å². The average molecular weight is 407 g/mol. The van der Waals surface area contributed by atoms with Gasteiger partial charge in [0.25, 0.3) is 5.91 Å². The van der Waals surface area contributed by atoms with Crippen molar-refractivity contribution in [3.05, 3.63) is 59.4 Å². The summed E-state index contributed by atoms with van der Waals surface area (Å²) in [4.78, 5) is 13.3. The van der Waals surface area contributed by atoms with Crippen molar-refractivity contribution in [2.45, 2.75) is 27.2 Å². The summed E-state index contributed by atoms with van der Waals surface area (Å²) in [6.07, 6.45) is 0.946. The van der Waals surface area contributed by atoms with Gasteiger partial charge in [-0.05, 0) is 68.3 Å². The van der Waals surface area contributed by atoms with Crippen molar-refractivity contribution in [2.75, 3.05) is 11.9 Å². The second-order valence-electron chi connectivity index (χ2n) is 6.71. The van der Waals surface area contributed by atoms with E-state index in [1.165, 1.54) is 11.3 Å². The lowest BCUT2D eigenvalue weighted by molar-refractivity contribution is 0.102. The third kappa shape index (κ3) is 3.97. The molecule has 29 heavy (non-hydrogen) atoms. The Hall–Kier alpha value is -3.26. The number of hydrogen-bond donors (Lipinski definition) is 1. The van der Waals surface area contributed by atoms with Crippen LogP contribution in [0.3, 0.4) is 0 Å². The van der Waals surface area contributed by atoms with Gasteiger partial charge in [0.15, 0.2) is 5.82 Å². The number of carbonyl (C=O) groups excluding carboxylic acids is 1. The molecular formula is C21H21N5O2S. The van der Waals surface area contributed by atoms with Gasteiger partial charge in [-0.15, -0.1) is 10.2 Å². The highest BCUT2D eigenvalue weighted by atomic mass is 32.1. The number of benzene rings is 2. The first-order chi connectivity index (χ1) is 14.0. The van der Waals surface area contributed by atoms with Crippen LogP contribution in [0.4, 0.5) is 5.69 Å². The molecule has 1 N–H and O–H groups in total.